The summed E-state index contributed by atoms with van der Waals surface area (Å²) in [6.07, 6.45) is 2.88. The summed E-state index contributed by atoms with van der Waals surface area (Å²) < 4.78 is 7.32. The van der Waals surface area contributed by atoms with Crippen LogP contribution in [0.5, 0.6) is 0 Å². The Labute approximate surface area is 153 Å². The van der Waals surface area contributed by atoms with Crippen molar-refractivity contribution >= 4 is 28.3 Å². The molecule has 5 nitrogen and oxygen atoms in total. The number of benzene rings is 2. The van der Waals surface area contributed by atoms with E-state index in [0.717, 1.165) is 35.2 Å². The molecule has 0 spiro atoms. The maximum Gasteiger partial charge on any atom is 0.326 e. The Bertz CT molecular complexity index is 947. The van der Waals surface area contributed by atoms with E-state index in [0.29, 0.717) is 6.61 Å². The van der Waals surface area contributed by atoms with Crippen LogP contribution in [0.1, 0.15) is 12.5 Å². The first-order chi connectivity index (χ1) is 12.7. The number of para-hydroxylation sites is 2. The molecule has 5 heteroatoms. The molecular formula is C21H23N3O2. The van der Waals surface area contributed by atoms with Gasteiger partial charge >= 0.3 is 6.03 Å². The van der Waals surface area contributed by atoms with Crippen molar-refractivity contribution in [2.24, 2.45) is 0 Å². The lowest BCUT2D eigenvalue weighted by Gasteiger charge is -2.22. The van der Waals surface area contributed by atoms with Gasteiger partial charge in [-0.15, -0.1) is 0 Å². The number of amides is 2. The molecule has 4 rings (SSSR count). The lowest BCUT2D eigenvalue weighted by molar-refractivity contribution is 0.188. The van der Waals surface area contributed by atoms with Gasteiger partial charge in [0, 0.05) is 37.0 Å². The molecule has 2 heterocycles. The second-order valence-corrected chi connectivity index (χ2v) is 6.73. The second-order valence-electron chi connectivity index (χ2n) is 6.73. The lowest BCUT2D eigenvalue weighted by Crippen LogP contribution is -2.39. The van der Waals surface area contributed by atoms with Gasteiger partial charge in [-0.25, -0.2) is 4.79 Å². The van der Waals surface area contributed by atoms with Gasteiger partial charge in [0.2, 0.25) is 0 Å². The molecule has 0 saturated heterocycles. The zero-order valence-electron chi connectivity index (χ0n) is 15.1. The molecule has 1 aromatic heterocycles. The van der Waals surface area contributed by atoms with E-state index in [2.05, 4.69) is 28.9 Å². The predicted octanol–water partition coefficient (Wildman–Crippen LogP) is 4.27. The highest BCUT2D eigenvalue weighted by molar-refractivity contribution is 6.08. The summed E-state index contributed by atoms with van der Waals surface area (Å²) in [6.45, 7) is 3.46. The highest BCUT2D eigenvalue weighted by Gasteiger charge is 2.31. The molecule has 0 saturated carbocycles. The zero-order chi connectivity index (χ0) is 18.1. The van der Waals surface area contributed by atoms with E-state index in [9.17, 15) is 4.79 Å². The molecule has 1 N–H and O–H groups in total. The van der Waals surface area contributed by atoms with Gasteiger partial charge in [-0.2, -0.15) is 0 Å². The maximum absolute atomic E-state index is 13.0. The third kappa shape index (κ3) is 2.84. The maximum atomic E-state index is 13.0. The highest BCUT2D eigenvalue weighted by Crippen LogP contribution is 2.33. The average Bonchev–Trinajstić information content (AvgIpc) is 3.17. The molecule has 1 aliphatic heterocycles. The van der Waals surface area contributed by atoms with Crippen molar-refractivity contribution in [3.63, 3.8) is 0 Å². The van der Waals surface area contributed by atoms with Crippen molar-refractivity contribution < 1.29 is 9.53 Å². The monoisotopic (exact) mass is 349 g/mol. The van der Waals surface area contributed by atoms with Crippen molar-refractivity contribution in [2.75, 3.05) is 23.9 Å². The normalized spacial score (nSPS) is 16.1. The molecule has 0 radical (unpaired) electrons. The fraction of sp³-hybridized carbons (Fsp3) is 0.286. The second kappa shape index (κ2) is 6.84. The van der Waals surface area contributed by atoms with Gasteiger partial charge in [-0.1, -0.05) is 36.4 Å². The van der Waals surface area contributed by atoms with Crippen molar-refractivity contribution in [3.05, 3.63) is 60.3 Å². The van der Waals surface area contributed by atoms with Crippen LogP contribution in [0.3, 0.4) is 0 Å². The van der Waals surface area contributed by atoms with Crippen LogP contribution in [0.2, 0.25) is 0 Å². The van der Waals surface area contributed by atoms with Crippen molar-refractivity contribution in [1.29, 1.82) is 0 Å². The molecule has 134 valence electrons. The predicted molar refractivity (Wildman–Crippen MR) is 105 cm³/mol. The number of aromatic nitrogens is 1. The summed E-state index contributed by atoms with van der Waals surface area (Å²) in [4.78, 5) is 14.9. The van der Waals surface area contributed by atoms with Gasteiger partial charge in [0.1, 0.15) is 0 Å². The quantitative estimate of drug-likeness (QED) is 0.764. The van der Waals surface area contributed by atoms with Crippen LogP contribution < -0.4 is 10.2 Å². The van der Waals surface area contributed by atoms with Gasteiger partial charge in [0.25, 0.3) is 0 Å². The summed E-state index contributed by atoms with van der Waals surface area (Å²) >= 11 is 0. The number of carbonyl (C=O) groups excluding carboxylic acids is 1. The smallest absolute Gasteiger partial charge is 0.326 e. The Morgan fingerprint density at radius 1 is 1.19 bits per heavy atom. The van der Waals surface area contributed by atoms with Crippen molar-refractivity contribution in [2.45, 2.75) is 25.9 Å². The number of hydrogen-bond donors (Lipinski definition) is 1. The van der Waals surface area contributed by atoms with Gasteiger partial charge < -0.3 is 14.6 Å². The topological polar surface area (TPSA) is 46.5 Å². The lowest BCUT2D eigenvalue weighted by atomic mass is 10.1. The molecular weight excluding hydrogens is 326 g/mol. The summed E-state index contributed by atoms with van der Waals surface area (Å²) in [7, 11) is 1.70. The third-order valence-electron chi connectivity index (χ3n) is 4.99. The molecule has 0 unspecified atom stereocenters. The van der Waals surface area contributed by atoms with Crippen LogP contribution in [-0.2, 0) is 17.7 Å². The van der Waals surface area contributed by atoms with E-state index in [1.165, 1.54) is 5.56 Å². The van der Waals surface area contributed by atoms with E-state index in [4.69, 9.17) is 4.74 Å². The number of rotatable bonds is 4. The number of nitrogens with zero attached hydrogens (tertiary/aromatic N) is 2. The Kier molecular flexibility index (Phi) is 4.39. The first-order valence-electron chi connectivity index (χ1n) is 8.94. The number of urea groups is 1. The minimum absolute atomic E-state index is 0.0860. The summed E-state index contributed by atoms with van der Waals surface area (Å²) in [6, 6.07) is 16.3. The molecule has 26 heavy (non-hydrogen) atoms. The van der Waals surface area contributed by atoms with Crippen molar-refractivity contribution in [3.8, 4) is 0 Å². The summed E-state index contributed by atoms with van der Waals surface area (Å²) in [5.41, 5.74) is 4.14. The Hall–Kier alpha value is -2.79. The van der Waals surface area contributed by atoms with E-state index in [-0.39, 0.29) is 12.1 Å². The molecule has 1 aliphatic rings. The number of nitrogens with one attached hydrogen (secondary N) is 1. The molecule has 0 aliphatic carbocycles. The van der Waals surface area contributed by atoms with E-state index < -0.39 is 0 Å². The fourth-order valence-corrected chi connectivity index (χ4v) is 3.77. The molecule has 0 fully saturated rings. The number of fused-ring (bicyclic) bond motifs is 2. The number of carbonyl (C=O) groups is 1. The SMILES string of the molecule is COCCn1cc(NC(=O)N2c3ccccc3C[C@H]2C)c2ccccc21. The molecule has 3 aromatic rings. The third-order valence-corrected chi connectivity index (χ3v) is 4.99. The first kappa shape index (κ1) is 16.7. The van der Waals surface area contributed by atoms with Crippen LogP contribution in [0.25, 0.3) is 10.9 Å². The largest absolute Gasteiger partial charge is 0.383 e. The first-order valence-corrected chi connectivity index (χ1v) is 8.94. The van der Waals surface area contributed by atoms with Crippen molar-refractivity contribution in [1.82, 2.24) is 4.57 Å². The molecule has 2 aromatic carbocycles. The molecule has 0 bridgehead atoms. The van der Waals surface area contributed by atoms with Crippen LogP contribution in [0, 0.1) is 0 Å². The summed E-state index contributed by atoms with van der Waals surface area (Å²) in [5, 5.41) is 4.16. The van der Waals surface area contributed by atoms with Crippen LogP contribution >= 0.6 is 0 Å². The van der Waals surface area contributed by atoms with Gasteiger partial charge in [0.15, 0.2) is 0 Å². The van der Waals surface area contributed by atoms with Gasteiger partial charge in [-0.05, 0) is 31.0 Å². The number of ether oxygens (including phenoxy) is 1. The number of anilines is 2. The van der Waals surface area contributed by atoms with Gasteiger partial charge in [-0.3, -0.25) is 4.90 Å². The Morgan fingerprint density at radius 3 is 2.81 bits per heavy atom. The van der Waals surface area contributed by atoms with E-state index in [1.54, 1.807) is 7.11 Å². The molecule has 2 amide bonds. The Morgan fingerprint density at radius 2 is 1.96 bits per heavy atom. The van der Waals surface area contributed by atoms with E-state index in [1.807, 2.05) is 47.5 Å². The fourth-order valence-electron chi connectivity index (χ4n) is 3.77. The van der Waals surface area contributed by atoms with Crippen LogP contribution in [0.4, 0.5) is 16.2 Å². The number of methoxy groups -OCH3 is 1. The van der Waals surface area contributed by atoms with E-state index >= 15 is 0 Å². The Balaban J connectivity index is 1.64. The van der Waals surface area contributed by atoms with Gasteiger partial charge in [0.05, 0.1) is 17.8 Å². The highest BCUT2D eigenvalue weighted by atomic mass is 16.5. The summed E-state index contributed by atoms with van der Waals surface area (Å²) in [5.74, 6) is 0. The van der Waals surface area contributed by atoms with Crippen LogP contribution in [-0.4, -0.2) is 30.4 Å². The zero-order valence-corrected chi connectivity index (χ0v) is 15.1. The minimum Gasteiger partial charge on any atom is -0.383 e. The standard InChI is InChI=1S/C21H23N3O2/c1-15-13-16-7-3-5-9-19(16)24(15)21(25)22-18-14-23(11-12-26-2)20-10-6-4-8-17(18)20/h3-10,14-15H,11-13H2,1-2H3,(H,22,25)/t15-/m1/s1. The average molecular weight is 349 g/mol. The number of hydrogen-bond acceptors (Lipinski definition) is 2. The van der Waals surface area contributed by atoms with Crippen LogP contribution in [0.15, 0.2) is 54.7 Å². The minimum atomic E-state index is -0.0860. The molecule has 1 atom stereocenters.